The molecule has 68 valence electrons. The lowest BCUT2D eigenvalue weighted by molar-refractivity contribution is 0.108. The van der Waals surface area contributed by atoms with Crippen LogP contribution in [0.4, 0.5) is 0 Å². The fraction of sp³-hybridized carbons (Fsp3) is 0. The molecule has 0 saturated heterocycles. The van der Waals surface area contributed by atoms with E-state index in [0.717, 1.165) is 0 Å². The highest BCUT2D eigenvalue weighted by Gasteiger charge is 2.12. The molecule has 0 heterocycles. The largest absolute Gasteiger partial charge is 0.276 e. The number of nitrogens with zero attached hydrogens (tertiary/aromatic N) is 2. The first-order valence-electron chi connectivity index (χ1n) is 3.43. The molecule has 0 aliphatic rings. The molecule has 0 spiro atoms. The van der Waals surface area contributed by atoms with E-state index in [4.69, 9.17) is 22.1 Å². The van der Waals surface area contributed by atoms with E-state index >= 15 is 0 Å². The number of halogens is 2. The molecule has 0 aliphatic carbocycles. The smallest absolute Gasteiger partial charge is 0.253 e. The number of hydrogen-bond donors (Lipinski definition) is 0. The molecule has 0 radical (unpaired) electrons. The van der Waals surface area contributed by atoms with E-state index in [-0.39, 0.29) is 16.7 Å². The Labute approximate surface area is 99.0 Å². The van der Waals surface area contributed by atoms with Crippen LogP contribution in [-0.4, -0.2) is 5.24 Å². The van der Waals surface area contributed by atoms with Gasteiger partial charge >= 0.3 is 0 Å². The van der Waals surface area contributed by atoms with Crippen molar-refractivity contribution in [2.75, 3.05) is 0 Å². The minimum absolute atomic E-state index is 0.164. The van der Waals surface area contributed by atoms with Crippen LogP contribution in [0.3, 0.4) is 0 Å². The van der Waals surface area contributed by atoms with E-state index in [0.29, 0.717) is 3.57 Å². The van der Waals surface area contributed by atoms with E-state index in [1.807, 2.05) is 34.7 Å². The van der Waals surface area contributed by atoms with Crippen LogP contribution in [-0.2, 0) is 0 Å². The van der Waals surface area contributed by atoms with Crippen molar-refractivity contribution in [2.24, 2.45) is 0 Å². The zero-order valence-corrected chi connectivity index (χ0v) is 9.63. The average Bonchev–Trinajstić information content (AvgIpc) is 2.16. The summed E-state index contributed by atoms with van der Waals surface area (Å²) in [5, 5.41) is 16.7. The Morgan fingerprint density at radius 2 is 1.79 bits per heavy atom. The maximum absolute atomic E-state index is 10.9. The third kappa shape index (κ3) is 2.03. The summed E-state index contributed by atoms with van der Waals surface area (Å²) in [6.45, 7) is 0. The van der Waals surface area contributed by atoms with Crippen LogP contribution in [0.5, 0.6) is 0 Å². The number of carbonyl (C=O) groups is 1. The van der Waals surface area contributed by atoms with Crippen molar-refractivity contribution < 1.29 is 4.79 Å². The molecule has 0 N–H and O–H groups in total. The van der Waals surface area contributed by atoms with Crippen molar-refractivity contribution >= 4 is 39.4 Å². The van der Waals surface area contributed by atoms with Gasteiger partial charge in [-0.15, -0.1) is 0 Å². The Morgan fingerprint density at radius 3 is 2.21 bits per heavy atom. The highest BCUT2D eigenvalue weighted by Crippen LogP contribution is 2.19. The topological polar surface area (TPSA) is 64.7 Å². The van der Waals surface area contributed by atoms with Crippen molar-refractivity contribution in [1.82, 2.24) is 0 Å². The first-order valence-corrected chi connectivity index (χ1v) is 4.89. The Bertz CT molecular complexity index is 485. The number of hydrogen-bond acceptors (Lipinski definition) is 3. The molecule has 0 atom stereocenters. The van der Waals surface area contributed by atoms with E-state index in [1.165, 1.54) is 12.1 Å². The summed E-state index contributed by atoms with van der Waals surface area (Å²) in [6, 6.07) is 6.50. The maximum Gasteiger partial charge on any atom is 0.253 e. The fourth-order valence-corrected chi connectivity index (χ4v) is 1.94. The molecule has 1 rings (SSSR count). The zero-order chi connectivity index (χ0) is 10.7. The first kappa shape index (κ1) is 11.0. The monoisotopic (exact) mass is 316 g/mol. The third-order valence-corrected chi connectivity index (χ3v) is 2.66. The lowest BCUT2D eigenvalue weighted by Gasteiger charge is -2.00. The van der Waals surface area contributed by atoms with Gasteiger partial charge in [-0.25, -0.2) is 0 Å². The van der Waals surface area contributed by atoms with Crippen LogP contribution in [0.2, 0.25) is 0 Å². The van der Waals surface area contributed by atoms with Crippen LogP contribution in [0.1, 0.15) is 21.5 Å². The van der Waals surface area contributed by atoms with Gasteiger partial charge in [0, 0.05) is 9.13 Å². The van der Waals surface area contributed by atoms with Crippen molar-refractivity contribution in [1.29, 1.82) is 10.5 Å². The van der Waals surface area contributed by atoms with Crippen LogP contribution >= 0.6 is 34.2 Å². The second-order valence-electron chi connectivity index (χ2n) is 2.37. The predicted octanol–water partition coefficient (Wildman–Crippen LogP) is 2.41. The van der Waals surface area contributed by atoms with Crippen molar-refractivity contribution in [3.05, 3.63) is 32.4 Å². The number of rotatable bonds is 1. The van der Waals surface area contributed by atoms with Gasteiger partial charge in [0.2, 0.25) is 0 Å². The predicted molar refractivity (Wildman–Crippen MR) is 58.8 cm³/mol. The van der Waals surface area contributed by atoms with Crippen LogP contribution in [0, 0.1) is 26.2 Å². The van der Waals surface area contributed by atoms with Gasteiger partial charge in [-0.2, -0.15) is 10.5 Å². The molecule has 0 fully saturated rings. The van der Waals surface area contributed by atoms with E-state index in [2.05, 4.69) is 0 Å². The lowest BCUT2D eigenvalue weighted by Crippen LogP contribution is -1.97. The number of carbonyl (C=O) groups excluding carboxylic acids is 1. The molecule has 1 aromatic carbocycles. The average molecular weight is 316 g/mol. The first-order chi connectivity index (χ1) is 6.60. The molecule has 0 bridgehead atoms. The Kier molecular flexibility index (Phi) is 3.45. The molecular weight excluding hydrogens is 314 g/mol. The summed E-state index contributed by atoms with van der Waals surface area (Å²) < 4.78 is 0.568. The third-order valence-electron chi connectivity index (χ3n) is 1.56. The van der Waals surface area contributed by atoms with Crippen LogP contribution in [0.25, 0.3) is 0 Å². The zero-order valence-electron chi connectivity index (χ0n) is 6.71. The van der Waals surface area contributed by atoms with Gasteiger partial charge in [-0.1, -0.05) is 0 Å². The van der Waals surface area contributed by atoms with Gasteiger partial charge in [0.15, 0.2) is 0 Å². The minimum atomic E-state index is -0.629. The highest BCUT2D eigenvalue weighted by molar-refractivity contribution is 14.1. The second-order valence-corrected chi connectivity index (χ2v) is 3.88. The molecule has 5 heteroatoms. The highest BCUT2D eigenvalue weighted by atomic mass is 127. The van der Waals surface area contributed by atoms with Gasteiger partial charge in [-0.05, 0) is 46.3 Å². The normalized spacial score (nSPS) is 8.86. The summed E-state index contributed by atoms with van der Waals surface area (Å²) in [4.78, 5) is 10.9. The Balaban J connectivity index is 3.50. The van der Waals surface area contributed by atoms with E-state index in [9.17, 15) is 4.79 Å². The molecule has 14 heavy (non-hydrogen) atoms. The van der Waals surface area contributed by atoms with Gasteiger partial charge in [0.25, 0.3) is 5.24 Å². The van der Waals surface area contributed by atoms with E-state index in [1.54, 1.807) is 0 Å². The second kappa shape index (κ2) is 4.41. The summed E-state index contributed by atoms with van der Waals surface area (Å²) in [7, 11) is 0. The quantitative estimate of drug-likeness (QED) is 0.590. The van der Waals surface area contributed by atoms with Crippen molar-refractivity contribution in [2.45, 2.75) is 0 Å². The fourth-order valence-electron chi connectivity index (χ4n) is 0.909. The molecule has 0 saturated carbocycles. The maximum atomic E-state index is 10.9. The van der Waals surface area contributed by atoms with Crippen molar-refractivity contribution in [3.63, 3.8) is 0 Å². The van der Waals surface area contributed by atoms with Crippen LogP contribution < -0.4 is 0 Å². The van der Waals surface area contributed by atoms with Gasteiger partial charge in [-0.3, -0.25) is 4.79 Å². The molecule has 3 nitrogen and oxygen atoms in total. The lowest BCUT2D eigenvalue weighted by atomic mass is 10.1. The van der Waals surface area contributed by atoms with Gasteiger partial charge in [0.05, 0.1) is 11.1 Å². The molecule has 0 aliphatic heterocycles. The summed E-state index contributed by atoms with van der Waals surface area (Å²) in [6.07, 6.45) is 0. The molecule has 1 aromatic rings. The summed E-state index contributed by atoms with van der Waals surface area (Å²) in [5.74, 6) is 0. The van der Waals surface area contributed by atoms with Gasteiger partial charge < -0.3 is 0 Å². The Hall–Kier alpha value is -1.11. The standard InChI is InChI=1S/C9H2ClIN2O/c10-9(14)7-1-5(3-12)6(4-13)2-8(7)11/h1-2H. The Morgan fingerprint density at radius 1 is 1.29 bits per heavy atom. The minimum Gasteiger partial charge on any atom is -0.276 e. The van der Waals surface area contributed by atoms with Gasteiger partial charge in [0.1, 0.15) is 12.1 Å². The number of benzene rings is 1. The van der Waals surface area contributed by atoms with Crippen molar-refractivity contribution in [3.8, 4) is 12.1 Å². The van der Waals surface area contributed by atoms with Crippen LogP contribution in [0.15, 0.2) is 12.1 Å². The summed E-state index contributed by atoms with van der Waals surface area (Å²) >= 11 is 7.19. The van der Waals surface area contributed by atoms with E-state index < -0.39 is 5.24 Å². The molecule has 0 aromatic heterocycles. The summed E-state index contributed by atoms with van der Waals surface area (Å²) in [5.41, 5.74) is 0.665. The SMILES string of the molecule is N#Cc1cc(I)c(C(=O)Cl)cc1C#N. The molecule has 0 amide bonds. The molecular formula is C9H2ClIN2O. The molecule has 0 unspecified atom stereocenters. The number of nitriles is 2.